The van der Waals surface area contributed by atoms with Crippen molar-refractivity contribution in [1.29, 1.82) is 0 Å². The third-order valence-electron chi connectivity index (χ3n) is 2.32. The lowest BCUT2D eigenvalue weighted by molar-refractivity contribution is 0.0946. The topological polar surface area (TPSA) is 46.9 Å². The summed E-state index contributed by atoms with van der Waals surface area (Å²) in [5, 5.41) is 7.01. The Hall–Kier alpha value is -0.590. The van der Waals surface area contributed by atoms with Crippen molar-refractivity contribution < 1.29 is 4.79 Å². The fraction of sp³-hybridized carbons (Fsp3) is 0.636. The number of halogens is 1. The van der Waals surface area contributed by atoms with Crippen molar-refractivity contribution in [3.05, 3.63) is 15.5 Å². The van der Waals surface area contributed by atoms with E-state index in [1.165, 1.54) is 19.3 Å². The summed E-state index contributed by atoms with van der Waals surface area (Å²) < 4.78 is 2.56. The van der Waals surface area contributed by atoms with Crippen LogP contribution >= 0.6 is 22.6 Å². The molecule has 4 nitrogen and oxygen atoms in total. The van der Waals surface area contributed by atoms with Crippen LogP contribution < -0.4 is 5.32 Å². The Balaban J connectivity index is 2.33. The zero-order valence-electron chi connectivity index (χ0n) is 9.79. The SMILES string of the molecule is CCCCCCNC(=O)c1nn(C)cc1I. The van der Waals surface area contributed by atoms with Crippen LogP contribution in [0.25, 0.3) is 0 Å². The molecule has 16 heavy (non-hydrogen) atoms. The van der Waals surface area contributed by atoms with Crippen molar-refractivity contribution in [2.75, 3.05) is 6.54 Å². The highest BCUT2D eigenvalue weighted by Gasteiger charge is 2.12. The molecule has 90 valence electrons. The van der Waals surface area contributed by atoms with Crippen molar-refractivity contribution in [2.24, 2.45) is 7.05 Å². The summed E-state index contributed by atoms with van der Waals surface area (Å²) in [5.41, 5.74) is 0.526. The van der Waals surface area contributed by atoms with Crippen LogP contribution in [0.2, 0.25) is 0 Å². The molecule has 0 atom stereocenters. The maximum absolute atomic E-state index is 11.7. The molecule has 0 spiro atoms. The van der Waals surface area contributed by atoms with Crippen molar-refractivity contribution in [3.63, 3.8) is 0 Å². The number of nitrogens with zero attached hydrogens (tertiary/aromatic N) is 2. The Labute approximate surface area is 110 Å². The Morgan fingerprint density at radius 1 is 1.50 bits per heavy atom. The highest BCUT2D eigenvalue weighted by Crippen LogP contribution is 2.09. The monoisotopic (exact) mass is 335 g/mol. The maximum atomic E-state index is 11.7. The van der Waals surface area contributed by atoms with Gasteiger partial charge in [0, 0.05) is 19.8 Å². The standard InChI is InChI=1S/C11H18IN3O/c1-3-4-5-6-7-13-11(16)10-9(12)8-15(2)14-10/h8H,3-7H2,1-2H3,(H,13,16). The molecule has 0 saturated heterocycles. The van der Waals surface area contributed by atoms with Crippen LogP contribution in [0.15, 0.2) is 6.20 Å². The van der Waals surface area contributed by atoms with Gasteiger partial charge in [-0.05, 0) is 29.0 Å². The van der Waals surface area contributed by atoms with Gasteiger partial charge in [-0.3, -0.25) is 9.48 Å². The normalized spacial score (nSPS) is 10.4. The van der Waals surface area contributed by atoms with Crippen molar-refractivity contribution in [2.45, 2.75) is 32.6 Å². The molecule has 1 rings (SSSR count). The summed E-state index contributed by atoms with van der Waals surface area (Å²) in [7, 11) is 1.82. The molecule has 0 bridgehead atoms. The molecule has 0 fully saturated rings. The second-order valence-corrected chi connectivity index (χ2v) is 4.98. The fourth-order valence-electron chi connectivity index (χ4n) is 1.45. The van der Waals surface area contributed by atoms with E-state index >= 15 is 0 Å². The van der Waals surface area contributed by atoms with Gasteiger partial charge in [-0.2, -0.15) is 5.10 Å². The molecule has 0 aromatic carbocycles. The molecule has 5 heteroatoms. The number of hydrogen-bond donors (Lipinski definition) is 1. The van der Waals surface area contributed by atoms with E-state index in [2.05, 4.69) is 39.9 Å². The van der Waals surface area contributed by atoms with Gasteiger partial charge in [-0.1, -0.05) is 26.2 Å². The quantitative estimate of drug-likeness (QED) is 0.641. The van der Waals surface area contributed by atoms with E-state index in [0.717, 1.165) is 16.5 Å². The van der Waals surface area contributed by atoms with Crippen LogP contribution in [0.1, 0.15) is 43.1 Å². The summed E-state index contributed by atoms with van der Waals surface area (Å²) in [6.07, 6.45) is 6.51. The molecular formula is C11H18IN3O. The van der Waals surface area contributed by atoms with Gasteiger partial charge >= 0.3 is 0 Å². The number of carbonyl (C=O) groups excluding carboxylic acids is 1. The molecule has 1 amide bonds. The van der Waals surface area contributed by atoms with Crippen molar-refractivity contribution in [1.82, 2.24) is 15.1 Å². The maximum Gasteiger partial charge on any atom is 0.272 e. The van der Waals surface area contributed by atoms with E-state index in [1.807, 2.05) is 13.2 Å². The molecular weight excluding hydrogens is 317 g/mol. The highest BCUT2D eigenvalue weighted by molar-refractivity contribution is 14.1. The predicted molar refractivity (Wildman–Crippen MR) is 72.4 cm³/mol. The van der Waals surface area contributed by atoms with Gasteiger partial charge in [-0.15, -0.1) is 0 Å². The van der Waals surface area contributed by atoms with Gasteiger partial charge in [0.1, 0.15) is 0 Å². The second-order valence-electron chi connectivity index (χ2n) is 3.82. The zero-order valence-corrected chi connectivity index (χ0v) is 12.0. The lowest BCUT2D eigenvalue weighted by atomic mass is 10.2. The first-order chi connectivity index (χ1) is 7.65. The fourth-order valence-corrected chi connectivity index (χ4v) is 2.21. The lowest BCUT2D eigenvalue weighted by Crippen LogP contribution is -2.25. The summed E-state index contributed by atoms with van der Waals surface area (Å²) in [4.78, 5) is 11.7. The minimum atomic E-state index is -0.0681. The van der Waals surface area contributed by atoms with E-state index in [4.69, 9.17) is 0 Å². The van der Waals surface area contributed by atoms with Crippen LogP contribution in [0.4, 0.5) is 0 Å². The summed E-state index contributed by atoms with van der Waals surface area (Å²) in [6.45, 7) is 2.92. The molecule has 0 radical (unpaired) electrons. The number of nitrogens with one attached hydrogen (secondary N) is 1. The molecule has 1 heterocycles. The number of rotatable bonds is 6. The number of hydrogen-bond acceptors (Lipinski definition) is 2. The molecule has 0 aliphatic carbocycles. The Morgan fingerprint density at radius 3 is 2.81 bits per heavy atom. The third-order valence-corrected chi connectivity index (χ3v) is 3.10. The summed E-state index contributed by atoms with van der Waals surface area (Å²) in [6, 6.07) is 0. The molecule has 0 saturated carbocycles. The van der Waals surface area contributed by atoms with Gasteiger partial charge in [0.05, 0.1) is 3.57 Å². The average molecular weight is 335 g/mol. The first-order valence-corrected chi connectivity index (χ1v) is 6.70. The highest BCUT2D eigenvalue weighted by atomic mass is 127. The van der Waals surface area contributed by atoms with Gasteiger partial charge in [0.15, 0.2) is 5.69 Å². The minimum absolute atomic E-state index is 0.0681. The van der Waals surface area contributed by atoms with Gasteiger partial charge < -0.3 is 5.32 Å². The van der Waals surface area contributed by atoms with Gasteiger partial charge in [0.2, 0.25) is 0 Å². The average Bonchev–Trinajstić information content (AvgIpc) is 2.57. The smallest absolute Gasteiger partial charge is 0.272 e. The van der Waals surface area contributed by atoms with Crippen LogP contribution in [0.5, 0.6) is 0 Å². The lowest BCUT2D eigenvalue weighted by Gasteiger charge is -2.02. The van der Waals surface area contributed by atoms with E-state index in [9.17, 15) is 4.79 Å². The van der Waals surface area contributed by atoms with Crippen LogP contribution in [-0.4, -0.2) is 22.2 Å². The number of aryl methyl sites for hydroxylation is 1. The van der Waals surface area contributed by atoms with Crippen molar-refractivity contribution in [3.8, 4) is 0 Å². The first kappa shape index (κ1) is 13.5. The summed E-state index contributed by atoms with van der Waals surface area (Å²) >= 11 is 2.13. The second kappa shape index (κ2) is 6.88. The van der Waals surface area contributed by atoms with E-state index in [-0.39, 0.29) is 5.91 Å². The minimum Gasteiger partial charge on any atom is -0.351 e. The number of aromatic nitrogens is 2. The van der Waals surface area contributed by atoms with E-state index in [1.54, 1.807) is 4.68 Å². The van der Waals surface area contributed by atoms with Crippen LogP contribution in [0, 0.1) is 3.57 Å². The Morgan fingerprint density at radius 2 is 2.25 bits per heavy atom. The Bertz CT molecular complexity index is 349. The van der Waals surface area contributed by atoms with Crippen LogP contribution in [-0.2, 0) is 7.05 Å². The largest absolute Gasteiger partial charge is 0.351 e. The van der Waals surface area contributed by atoms with Gasteiger partial charge in [-0.25, -0.2) is 0 Å². The van der Waals surface area contributed by atoms with Crippen LogP contribution in [0.3, 0.4) is 0 Å². The number of unbranched alkanes of at least 4 members (excludes halogenated alkanes) is 3. The Kier molecular flexibility index (Phi) is 5.79. The third kappa shape index (κ3) is 4.11. The number of amides is 1. The summed E-state index contributed by atoms with van der Waals surface area (Å²) in [5.74, 6) is -0.0681. The predicted octanol–water partition coefficient (Wildman–Crippen LogP) is 2.33. The molecule has 0 aliphatic heterocycles. The molecule has 1 aromatic rings. The first-order valence-electron chi connectivity index (χ1n) is 5.62. The molecule has 1 aromatic heterocycles. The van der Waals surface area contributed by atoms with Crippen molar-refractivity contribution >= 4 is 28.5 Å². The molecule has 0 unspecified atom stereocenters. The van der Waals surface area contributed by atoms with E-state index in [0.29, 0.717) is 5.69 Å². The number of carbonyl (C=O) groups is 1. The molecule has 0 aliphatic rings. The zero-order chi connectivity index (χ0) is 12.0. The van der Waals surface area contributed by atoms with E-state index < -0.39 is 0 Å². The molecule has 1 N–H and O–H groups in total. The van der Waals surface area contributed by atoms with Gasteiger partial charge in [0.25, 0.3) is 5.91 Å².